The molecular weight excluding hydrogens is 384 g/mol. The average molecular weight is 409 g/mol. The van der Waals surface area contributed by atoms with Crippen LogP contribution in [0.25, 0.3) is 11.4 Å². The van der Waals surface area contributed by atoms with Crippen LogP contribution in [0.5, 0.6) is 0 Å². The number of hydrogen-bond acceptors (Lipinski definition) is 6. The van der Waals surface area contributed by atoms with E-state index < -0.39 is 0 Å². The zero-order valence-corrected chi connectivity index (χ0v) is 17.2. The summed E-state index contributed by atoms with van der Waals surface area (Å²) in [6, 6.07) is 15.9. The lowest BCUT2D eigenvalue weighted by Gasteiger charge is -2.17. The third-order valence-corrected chi connectivity index (χ3v) is 5.87. The molecule has 0 bridgehead atoms. The maximum Gasteiger partial charge on any atom is 0.234 e. The summed E-state index contributed by atoms with van der Waals surface area (Å²) in [5, 5.41) is 11.7. The molecule has 0 radical (unpaired) electrons. The molecule has 8 heteroatoms. The van der Waals surface area contributed by atoms with Crippen molar-refractivity contribution in [2.45, 2.75) is 24.9 Å². The summed E-state index contributed by atoms with van der Waals surface area (Å²) in [7, 11) is 0. The first-order chi connectivity index (χ1) is 14.1. The fraction of sp³-hybridized carbons (Fsp3) is 0.286. The minimum atomic E-state index is -0.108. The first-order valence-corrected chi connectivity index (χ1v) is 10.6. The van der Waals surface area contributed by atoms with E-state index in [4.69, 9.17) is 5.84 Å². The number of anilines is 2. The lowest BCUT2D eigenvalue weighted by Crippen LogP contribution is -2.18. The first kappa shape index (κ1) is 19.3. The molecule has 4 rings (SSSR count). The Morgan fingerprint density at radius 3 is 2.45 bits per heavy atom. The maximum atomic E-state index is 12.3. The zero-order chi connectivity index (χ0) is 20.2. The number of hydrogen-bond donors (Lipinski definition) is 2. The number of benzene rings is 2. The van der Waals surface area contributed by atoms with Crippen molar-refractivity contribution >= 4 is 29.0 Å². The van der Waals surface area contributed by atoms with Gasteiger partial charge in [-0.1, -0.05) is 41.6 Å². The van der Waals surface area contributed by atoms with Gasteiger partial charge in [-0.2, -0.15) is 0 Å². The molecule has 0 spiro atoms. The number of nitrogens with two attached hydrogens (primary N) is 1. The Labute approximate surface area is 174 Å². The molecule has 29 heavy (non-hydrogen) atoms. The van der Waals surface area contributed by atoms with Crippen LogP contribution in [0.1, 0.15) is 18.4 Å². The van der Waals surface area contributed by atoms with Gasteiger partial charge in [-0.05, 0) is 44.0 Å². The number of aromatic nitrogens is 3. The summed E-state index contributed by atoms with van der Waals surface area (Å²) >= 11 is 1.26. The molecule has 0 atom stereocenters. The SMILES string of the molecule is Cc1ccc(-c2nnc(SCC(=O)Nc3ccc(N4CCCC4)cc3)n2N)cc1. The van der Waals surface area contributed by atoms with E-state index in [1.807, 2.05) is 43.3 Å². The number of nitrogen functional groups attached to an aromatic ring is 1. The Kier molecular flexibility index (Phi) is 5.71. The van der Waals surface area contributed by atoms with Crippen LogP contribution in [-0.2, 0) is 4.79 Å². The molecule has 1 fully saturated rings. The Hall–Kier alpha value is -3.00. The lowest BCUT2D eigenvalue weighted by molar-refractivity contribution is -0.113. The molecule has 3 N–H and O–H groups in total. The number of nitrogens with zero attached hydrogens (tertiary/aromatic N) is 4. The van der Waals surface area contributed by atoms with Gasteiger partial charge >= 0.3 is 0 Å². The topological polar surface area (TPSA) is 89.1 Å². The van der Waals surface area contributed by atoms with E-state index in [0.29, 0.717) is 11.0 Å². The minimum Gasteiger partial charge on any atom is -0.372 e. The summed E-state index contributed by atoms with van der Waals surface area (Å²) in [5.41, 5.74) is 4.04. The van der Waals surface area contributed by atoms with Gasteiger partial charge in [0, 0.05) is 30.0 Å². The van der Waals surface area contributed by atoms with E-state index in [-0.39, 0.29) is 11.7 Å². The quantitative estimate of drug-likeness (QED) is 0.481. The summed E-state index contributed by atoms with van der Waals surface area (Å²) in [6.45, 7) is 4.23. The van der Waals surface area contributed by atoms with Crippen molar-refractivity contribution in [3.8, 4) is 11.4 Å². The van der Waals surface area contributed by atoms with Crippen LogP contribution in [0, 0.1) is 6.92 Å². The Morgan fingerprint density at radius 2 is 1.76 bits per heavy atom. The monoisotopic (exact) mass is 408 g/mol. The van der Waals surface area contributed by atoms with Gasteiger partial charge in [0.05, 0.1) is 5.75 Å². The molecule has 1 amide bonds. The Balaban J connectivity index is 1.33. The van der Waals surface area contributed by atoms with Gasteiger partial charge in [0.15, 0.2) is 5.82 Å². The van der Waals surface area contributed by atoms with Gasteiger partial charge in [0.1, 0.15) is 0 Å². The standard InChI is InChI=1S/C21H24N6OS/c1-15-4-6-16(7-5-15)20-24-25-21(27(20)22)29-14-19(28)23-17-8-10-18(11-9-17)26-12-2-3-13-26/h4-11H,2-3,12-14,22H2,1H3,(H,23,28). The van der Waals surface area contributed by atoms with Gasteiger partial charge in [-0.3, -0.25) is 4.79 Å². The van der Waals surface area contributed by atoms with Crippen LogP contribution < -0.4 is 16.1 Å². The van der Waals surface area contributed by atoms with Gasteiger partial charge in [-0.15, -0.1) is 10.2 Å². The second-order valence-corrected chi connectivity index (χ2v) is 8.06. The second-order valence-electron chi connectivity index (χ2n) is 7.12. The van der Waals surface area contributed by atoms with Gasteiger partial charge in [-0.25, -0.2) is 4.68 Å². The zero-order valence-electron chi connectivity index (χ0n) is 16.3. The van der Waals surface area contributed by atoms with Crippen LogP contribution in [0.4, 0.5) is 11.4 Å². The summed E-state index contributed by atoms with van der Waals surface area (Å²) in [5.74, 6) is 6.80. The molecule has 0 unspecified atom stereocenters. The van der Waals surface area contributed by atoms with E-state index in [2.05, 4.69) is 32.5 Å². The summed E-state index contributed by atoms with van der Waals surface area (Å²) in [6.07, 6.45) is 2.49. The Bertz CT molecular complexity index is 977. The van der Waals surface area contributed by atoms with Crippen molar-refractivity contribution in [3.05, 3.63) is 54.1 Å². The van der Waals surface area contributed by atoms with Crippen LogP contribution in [0.2, 0.25) is 0 Å². The molecule has 2 aromatic carbocycles. The normalized spacial score (nSPS) is 13.6. The highest BCUT2D eigenvalue weighted by atomic mass is 32.2. The predicted molar refractivity (Wildman–Crippen MR) is 118 cm³/mol. The highest BCUT2D eigenvalue weighted by Crippen LogP contribution is 2.24. The number of rotatable bonds is 6. The minimum absolute atomic E-state index is 0.108. The third-order valence-electron chi connectivity index (χ3n) is 4.93. The van der Waals surface area contributed by atoms with E-state index in [1.165, 1.54) is 35.0 Å². The van der Waals surface area contributed by atoms with Crippen molar-refractivity contribution < 1.29 is 4.79 Å². The van der Waals surface area contributed by atoms with Crippen LogP contribution >= 0.6 is 11.8 Å². The first-order valence-electron chi connectivity index (χ1n) is 9.65. The highest BCUT2D eigenvalue weighted by molar-refractivity contribution is 7.99. The molecule has 2 heterocycles. The van der Waals surface area contributed by atoms with Crippen molar-refractivity contribution in [1.82, 2.24) is 14.9 Å². The van der Waals surface area contributed by atoms with Gasteiger partial charge in [0.2, 0.25) is 11.1 Å². The average Bonchev–Trinajstić information content (AvgIpc) is 3.38. The molecule has 7 nitrogen and oxygen atoms in total. The number of aryl methyl sites for hydroxylation is 1. The van der Waals surface area contributed by atoms with E-state index >= 15 is 0 Å². The van der Waals surface area contributed by atoms with E-state index in [1.54, 1.807) is 0 Å². The number of carbonyl (C=O) groups is 1. The van der Waals surface area contributed by atoms with Crippen LogP contribution in [0.15, 0.2) is 53.7 Å². The van der Waals surface area contributed by atoms with Crippen molar-refractivity contribution in [1.29, 1.82) is 0 Å². The molecule has 0 aliphatic carbocycles. The lowest BCUT2D eigenvalue weighted by atomic mass is 10.1. The van der Waals surface area contributed by atoms with Gasteiger partial charge < -0.3 is 16.1 Å². The van der Waals surface area contributed by atoms with E-state index in [9.17, 15) is 4.79 Å². The van der Waals surface area contributed by atoms with E-state index in [0.717, 1.165) is 29.9 Å². The van der Waals surface area contributed by atoms with Gasteiger partial charge in [0.25, 0.3) is 0 Å². The van der Waals surface area contributed by atoms with Crippen molar-refractivity contribution in [2.75, 3.05) is 34.9 Å². The molecule has 0 saturated carbocycles. The molecule has 1 aliphatic rings. The van der Waals surface area contributed by atoms with Crippen LogP contribution in [-0.4, -0.2) is 39.6 Å². The number of nitrogens with one attached hydrogen (secondary N) is 1. The predicted octanol–water partition coefficient (Wildman–Crippen LogP) is 3.30. The Morgan fingerprint density at radius 1 is 1.07 bits per heavy atom. The second kappa shape index (κ2) is 8.57. The molecule has 3 aromatic rings. The molecule has 150 valence electrons. The third kappa shape index (κ3) is 4.54. The molecule has 1 saturated heterocycles. The van der Waals surface area contributed by atoms with Crippen molar-refractivity contribution in [3.63, 3.8) is 0 Å². The molecule has 1 aliphatic heterocycles. The molecular formula is C21H24N6OS. The summed E-state index contributed by atoms with van der Waals surface area (Å²) in [4.78, 5) is 14.7. The van der Waals surface area contributed by atoms with Crippen molar-refractivity contribution in [2.24, 2.45) is 0 Å². The largest absolute Gasteiger partial charge is 0.372 e. The summed E-state index contributed by atoms with van der Waals surface area (Å²) < 4.78 is 1.42. The fourth-order valence-electron chi connectivity index (χ4n) is 3.33. The fourth-order valence-corrected chi connectivity index (χ4v) is 3.99. The maximum absolute atomic E-state index is 12.3. The number of carbonyl (C=O) groups excluding carboxylic acids is 1. The van der Waals surface area contributed by atoms with Crippen LogP contribution in [0.3, 0.4) is 0 Å². The highest BCUT2D eigenvalue weighted by Gasteiger charge is 2.15. The smallest absolute Gasteiger partial charge is 0.234 e. The number of amides is 1. The molecule has 1 aromatic heterocycles. The number of thioether (sulfide) groups is 1.